The topological polar surface area (TPSA) is 88.5 Å². The first-order valence-electron chi connectivity index (χ1n) is 12.6. The third-order valence-corrected chi connectivity index (χ3v) is 9.94. The molecule has 3 amide bonds. The first kappa shape index (κ1) is 28.3. The van der Waals surface area contributed by atoms with Crippen molar-refractivity contribution >= 4 is 63.8 Å². The van der Waals surface area contributed by atoms with Crippen LogP contribution in [0.3, 0.4) is 0 Å². The fourth-order valence-corrected chi connectivity index (χ4v) is 8.20. The third-order valence-electron chi connectivity index (χ3n) is 7.09. The number of amides is 3. The first-order valence-corrected chi connectivity index (χ1v) is 14.7. The fourth-order valence-electron chi connectivity index (χ4n) is 5.30. The van der Waals surface area contributed by atoms with Crippen molar-refractivity contribution in [2.75, 3.05) is 10.2 Å². The largest absolute Gasteiger partial charge is 0.418 e. The molecule has 1 saturated heterocycles. The lowest BCUT2D eigenvalue weighted by Gasteiger charge is -2.30. The van der Waals surface area contributed by atoms with Gasteiger partial charge in [-0.25, -0.2) is 4.90 Å². The smallest absolute Gasteiger partial charge is 0.325 e. The number of benzene rings is 3. The monoisotopic (exact) mass is 629 g/mol. The molecular weight excluding hydrogens is 611 g/mol. The molecule has 0 saturated carbocycles. The number of hydrogen-bond acceptors (Lipinski definition) is 6. The second-order valence-corrected chi connectivity index (χ2v) is 12.2. The molecule has 0 aliphatic carbocycles. The quantitative estimate of drug-likeness (QED) is 0.273. The Labute approximate surface area is 249 Å². The van der Waals surface area contributed by atoms with E-state index >= 15 is 0 Å². The van der Waals surface area contributed by atoms with Gasteiger partial charge in [-0.1, -0.05) is 77.2 Å². The maximum absolute atomic E-state index is 13.9. The van der Waals surface area contributed by atoms with Crippen LogP contribution >= 0.6 is 34.7 Å². The summed E-state index contributed by atoms with van der Waals surface area (Å²) in [4.78, 5) is 54.4. The highest BCUT2D eigenvalue weighted by atomic mass is 35.5. The average Bonchev–Trinajstić information content (AvgIpc) is 3.39. The lowest BCUT2D eigenvalue weighted by Crippen LogP contribution is -2.33. The molecule has 0 radical (unpaired) electrons. The third kappa shape index (κ3) is 4.93. The number of imide groups is 1. The summed E-state index contributed by atoms with van der Waals surface area (Å²) in [6.45, 7) is -0.361. The average molecular weight is 630 g/mol. The molecule has 3 atom stereocenters. The van der Waals surface area contributed by atoms with Gasteiger partial charge < -0.3 is 5.32 Å². The Morgan fingerprint density at radius 1 is 0.905 bits per heavy atom. The fraction of sp³-hybridized carbons (Fsp3) is 0.172. The molecule has 0 bridgehead atoms. The van der Waals surface area contributed by atoms with Crippen LogP contribution in [0.4, 0.5) is 24.5 Å². The summed E-state index contributed by atoms with van der Waals surface area (Å²) in [6.07, 6.45) is -4.81. The van der Waals surface area contributed by atoms with Crippen LogP contribution in [0, 0.1) is 5.92 Å². The summed E-state index contributed by atoms with van der Waals surface area (Å²) in [5.41, 5.74) is -0.567. The van der Waals surface area contributed by atoms with Gasteiger partial charge in [0.15, 0.2) is 0 Å². The predicted octanol–water partition coefficient (Wildman–Crippen LogP) is 6.02. The van der Waals surface area contributed by atoms with Gasteiger partial charge in [0.2, 0.25) is 17.7 Å². The van der Waals surface area contributed by atoms with Crippen molar-refractivity contribution in [2.24, 2.45) is 5.92 Å². The van der Waals surface area contributed by atoms with Gasteiger partial charge >= 0.3 is 11.0 Å². The van der Waals surface area contributed by atoms with Crippen LogP contribution in [-0.2, 0) is 27.1 Å². The molecule has 1 aromatic heterocycles. The molecule has 0 spiro atoms. The van der Waals surface area contributed by atoms with E-state index in [4.69, 9.17) is 11.6 Å². The predicted molar refractivity (Wildman–Crippen MR) is 154 cm³/mol. The number of nitrogens with one attached hydrogen (secondary N) is 1. The Kier molecular flexibility index (Phi) is 7.24. The van der Waals surface area contributed by atoms with E-state index in [0.29, 0.717) is 31.1 Å². The number of thiazole rings is 1. The number of anilines is 2. The molecule has 42 heavy (non-hydrogen) atoms. The number of rotatable bonds is 5. The van der Waals surface area contributed by atoms with Crippen LogP contribution in [0.1, 0.15) is 21.9 Å². The normalized spacial score (nSPS) is 19.9. The SMILES string of the molecule is O=C(Cn1c2c(sc1=O)C(c1ccc(Cl)cc1)C1C(=O)N(c3ccccc3C(F)(F)F)C(=O)C1S2)Nc1ccccc1. The van der Waals surface area contributed by atoms with E-state index in [1.165, 1.54) is 16.7 Å². The molecule has 3 unspecified atom stereocenters. The minimum absolute atomic E-state index is 0.321. The van der Waals surface area contributed by atoms with Crippen LogP contribution < -0.4 is 15.1 Å². The van der Waals surface area contributed by atoms with Crippen molar-refractivity contribution in [3.05, 3.63) is 110 Å². The Balaban J connectivity index is 1.44. The molecule has 13 heteroatoms. The number of halogens is 4. The highest BCUT2D eigenvalue weighted by Crippen LogP contribution is 2.54. The van der Waals surface area contributed by atoms with Crippen LogP contribution in [0.15, 0.2) is 88.7 Å². The second kappa shape index (κ2) is 10.8. The van der Waals surface area contributed by atoms with Crippen molar-refractivity contribution in [3.8, 4) is 0 Å². The molecule has 3 heterocycles. The lowest BCUT2D eigenvalue weighted by atomic mass is 9.83. The molecule has 2 aliphatic heterocycles. The molecular formula is C29H19ClF3N3O4S2. The van der Waals surface area contributed by atoms with Gasteiger partial charge in [-0.05, 0) is 42.0 Å². The molecule has 6 rings (SSSR count). The van der Waals surface area contributed by atoms with Gasteiger partial charge in [-0.2, -0.15) is 13.2 Å². The standard InChI is InChI=1S/C29H19ClF3N3O4S2/c30-16-12-10-15(11-13-16)21-22-23(26(39)36(25(22)38)19-9-5-4-8-18(19)29(31,32)33)41-27-24(21)42-28(40)35(27)14-20(37)34-17-6-2-1-3-7-17/h1-13,21-23H,14H2,(H,34,37). The van der Waals surface area contributed by atoms with Crippen molar-refractivity contribution in [1.29, 1.82) is 0 Å². The number of para-hydroxylation sites is 2. The number of thioether (sulfide) groups is 1. The summed E-state index contributed by atoms with van der Waals surface area (Å²) in [7, 11) is 0. The summed E-state index contributed by atoms with van der Waals surface area (Å²) in [5, 5.41) is 2.32. The minimum atomic E-state index is -4.81. The van der Waals surface area contributed by atoms with Crippen LogP contribution in [0.2, 0.25) is 5.02 Å². The van der Waals surface area contributed by atoms with E-state index in [-0.39, 0.29) is 6.54 Å². The number of fused-ring (bicyclic) bond motifs is 2. The van der Waals surface area contributed by atoms with Gasteiger partial charge in [0, 0.05) is 21.5 Å². The Hall–Kier alpha value is -3.87. The summed E-state index contributed by atoms with van der Waals surface area (Å²) in [5.74, 6) is -4.03. The van der Waals surface area contributed by atoms with Gasteiger partial charge in [0.05, 0.1) is 22.2 Å². The van der Waals surface area contributed by atoms with Crippen molar-refractivity contribution in [3.63, 3.8) is 0 Å². The Morgan fingerprint density at radius 2 is 1.57 bits per heavy atom. The van der Waals surface area contributed by atoms with Gasteiger partial charge in [-0.15, -0.1) is 0 Å². The van der Waals surface area contributed by atoms with E-state index in [1.54, 1.807) is 54.6 Å². The zero-order chi connectivity index (χ0) is 29.8. The van der Waals surface area contributed by atoms with Gasteiger partial charge in [-0.3, -0.25) is 23.7 Å². The number of carbonyl (C=O) groups is 3. The van der Waals surface area contributed by atoms with Crippen LogP contribution in [0.25, 0.3) is 0 Å². The Morgan fingerprint density at radius 3 is 2.26 bits per heavy atom. The number of nitrogens with zero attached hydrogens (tertiary/aromatic N) is 2. The van der Waals surface area contributed by atoms with E-state index in [0.717, 1.165) is 35.2 Å². The number of carbonyl (C=O) groups excluding carboxylic acids is 3. The van der Waals surface area contributed by atoms with Crippen molar-refractivity contribution in [1.82, 2.24) is 4.57 Å². The van der Waals surface area contributed by atoms with E-state index in [1.807, 2.05) is 0 Å². The number of alkyl halides is 3. The highest BCUT2D eigenvalue weighted by molar-refractivity contribution is 8.00. The number of hydrogen-bond donors (Lipinski definition) is 1. The van der Waals surface area contributed by atoms with Crippen LogP contribution in [-0.4, -0.2) is 27.5 Å². The van der Waals surface area contributed by atoms with E-state index in [9.17, 15) is 32.3 Å². The van der Waals surface area contributed by atoms with E-state index in [2.05, 4.69) is 5.32 Å². The first-order chi connectivity index (χ1) is 20.0. The van der Waals surface area contributed by atoms with Crippen LogP contribution in [0.5, 0.6) is 0 Å². The zero-order valence-electron chi connectivity index (χ0n) is 21.3. The summed E-state index contributed by atoms with van der Waals surface area (Å²) < 4.78 is 43.0. The van der Waals surface area contributed by atoms with E-state index < -0.39 is 57.1 Å². The van der Waals surface area contributed by atoms with Crippen molar-refractivity contribution in [2.45, 2.75) is 28.9 Å². The molecule has 7 nitrogen and oxygen atoms in total. The van der Waals surface area contributed by atoms with Gasteiger partial charge in [0.1, 0.15) is 11.8 Å². The summed E-state index contributed by atoms with van der Waals surface area (Å²) >= 11 is 7.86. The Bertz CT molecular complexity index is 1770. The van der Waals surface area contributed by atoms with Gasteiger partial charge in [0.25, 0.3) is 0 Å². The molecule has 1 N–H and O–H groups in total. The molecule has 3 aromatic carbocycles. The molecule has 214 valence electrons. The second-order valence-electron chi connectivity index (χ2n) is 9.66. The van der Waals surface area contributed by atoms with Crippen molar-refractivity contribution < 1.29 is 27.6 Å². The highest BCUT2D eigenvalue weighted by Gasteiger charge is 2.57. The summed E-state index contributed by atoms with van der Waals surface area (Å²) in [6, 6.07) is 19.6. The lowest BCUT2D eigenvalue weighted by molar-refractivity contribution is -0.137. The molecule has 1 fully saturated rings. The maximum atomic E-state index is 13.9. The number of aromatic nitrogens is 1. The molecule has 2 aliphatic rings. The maximum Gasteiger partial charge on any atom is 0.418 e. The zero-order valence-corrected chi connectivity index (χ0v) is 23.7. The molecule has 4 aromatic rings. The minimum Gasteiger partial charge on any atom is -0.325 e.